The first-order chi connectivity index (χ1) is 13.4. The summed E-state index contributed by atoms with van der Waals surface area (Å²) in [5, 5.41) is 5.37. The van der Waals surface area contributed by atoms with Crippen LogP contribution < -0.4 is 15.4 Å². The van der Waals surface area contributed by atoms with Crippen molar-refractivity contribution in [3.8, 4) is 5.75 Å². The average Bonchev–Trinajstić information content (AvgIpc) is 2.67. The maximum atomic E-state index is 12.0. The molecule has 2 N–H and O–H groups in total. The minimum Gasteiger partial charge on any atom is -0.495 e. The molecule has 2 aromatic rings. The lowest BCUT2D eigenvalue weighted by Gasteiger charge is -2.10. The molecule has 148 valence electrons. The third-order valence-corrected chi connectivity index (χ3v) is 3.96. The lowest BCUT2D eigenvalue weighted by molar-refractivity contribution is -0.147. The number of hydrogen-bond acceptors (Lipinski definition) is 5. The van der Waals surface area contributed by atoms with Crippen molar-refractivity contribution in [1.82, 2.24) is 0 Å². The molecule has 0 bridgehead atoms. The van der Waals surface area contributed by atoms with E-state index in [4.69, 9.17) is 9.47 Å². The summed E-state index contributed by atoms with van der Waals surface area (Å²) in [5.74, 6) is -0.868. The van der Waals surface area contributed by atoms with Crippen LogP contribution in [0, 0.1) is 13.8 Å². The Kier molecular flexibility index (Phi) is 7.56. The zero-order valence-electron chi connectivity index (χ0n) is 16.2. The number of esters is 1. The van der Waals surface area contributed by atoms with Crippen LogP contribution >= 0.6 is 0 Å². The molecule has 0 saturated heterocycles. The molecule has 2 rings (SSSR count). The number of carbonyl (C=O) groups is 3. The number of hydrogen-bond donors (Lipinski definition) is 2. The summed E-state index contributed by atoms with van der Waals surface area (Å²) in [6.45, 7) is 3.44. The van der Waals surface area contributed by atoms with Crippen molar-refractivity contribution in [2.24, 2.45) is 0 Å². The Hall–Kier alpha value is -3.35. The molecule has 0 aliphatic heterocycles. The molecule has 0 aliphatic carbocycles. The topological polar surface area (TPSA) is 93.7 Å². The fourth-order valence-corrected chi connectivity index (χ4v) is 2.53. The second kappa shape index (κ2) is 10.1. The van der Waals surface area contributed by atoms with E-state index < -0.39 is 18.5 Å². The molecule has 2 aromatic carbocycles. The number of anilines is 2. The van der Waals surface area contributed by atoms with Crippen molar-refractivity contribution < 1.29 is 23.9 Å². The lowest BCUT2D eigenvalue weighted by Crippen LogP contribution is -2.22. The number of amides is 2. The molecule has 0 heterocycles. The van der Waals surface area contributed by atoms with E-state index in [1.165, 1.54) is 7.11 Å². The summed E-state index contributed by atoms with van der Waals surface area (Å²) in [6, 6.07) is 12.6. The van der Waals surface area contributed by atoms with E-state index in [2.05, 4.69) is 10.6 Å². The Labute approximate surface area is 164 Å². The molecule has 2 amide bonds. The van der Waals surface area contributed by atoms with E-state index in [1.54, 1.807) is 30.3 Å². The fourth-order valence-electron chi connectivity index (χ4n) is 2.53. The van der Waals surface area contributed by atoms with Gasteiger partial charge in [0, 0.05) is 12.1 Å². The van der Waals surface area contributed by atoms with Crippen molar-refractivity contribution >= 4 is 29.2 Å². The predicted octanol–water partition coefficient (Wildman–Crippen LogP) is 3.21. The molecule has 0 aromatic heterocycles. The highest BCUT2D eigenvalue weighted by Gasteiger charge is 2.12. The lowest BCUT2D eigenvalue weighted by atomic mass is 10.1. The standard InChI is InChI=1S/C21H24N2O5/c1-14-8-9-16(15(2)12-14)22-20(25)13-28-21(26)11-10-19(24)23-17-6-4-5-7-18(17)27-3/h4-9,12H,10-11,13H2,1-3H3,(H,22,25)(H,23,24). The molecule has 0 fully saturated rings. The molecule has 7 heteroatoms. The summed E-state index contributed by atoms with van der Waals surface area (Å²) < 4.78 is 10.1. The van der Waals surface area contributed by atoms with E-state index in [-0.39, 0.29) is 18.7 Å². The number of nitrogens with one attached hydrogen (secondary N) is 2. The maximum Gasteiger partial charge on any atom is 0.306 e. The van der Waals surface area contributed by atoms with Gasteiger partial charge in [-0.2, -0.15) is 0 Å². The molecule has 7 nitrogen and oxygen atoms in total. The van der Waals surface area contributed by atoms with Gasteiger partial charge in [0.15, 0.2) is 6.61 Å². The zero-order valence-corrected chi connectivity index (χ0v) is 16.2. The van der Waals surface area contributed by atoms with Crippen LogP contribution in [0.25, 0.3) is 0 Å². The Morgan fingerprint density at radius 2 is 1.61 bits per heavy atom. The van der Waals surface area contributed by atoms with Crippen LogP contribution in [0.4, 0.5) is 11.4 Å². The van der Waals surface area contributed by atoms with Gasteiger partial charge in [0.2, 0.25) is 5.91 Å². The van der Waals surface area contributed by atoms with Gasteiger partial charge in [-0.25, -0.2) is 0 Å². The third-order valence-electron chi connectivity index (χ3n) is 3.96. The van der Waals surface area contributed by atoms with Crippen molar-refractivity contribution in [2.75, 3.05) is 24.4 Å². The summed E-state index contributed by atoms with van der Waals surface area (Å²) in [6.07, 6.45) is -0.187. The van der Waals surface area contributed by atoms with Crippen molar-refractivity contribution in [1.29, 1.82) is 0 Å². The SMILES string of the molecule is COc1ccccc1NC(=O)CCC(=O)OCC(=O)Nc1ccc(C)cc1C. The normalized spacial score (nSPS) is 10.1. The van der Waals surface area contributed by atoms with Gasteiger partial charge in [-0.3, -0.25) is 14.4 Å². The Bertz CT molecular complexity index is 864. The Morgan fingerprint density at radius 1 is 0.893 bits per heavy atom. The van der Waals surface area contributed by atoms with E-state index in [0.29, 0.717) is 17.1 Å². The van der Waals surface area contributed by atoms with E-state index >= 15 is 0 Å². The highest BCUT2D eigenvalue weighted by Crippen LogP contribution is 2.23. The van der Waals surface area contributed by atoms with Crippen LogP contribution in [0.5, 0.6) is 5.75 Å². The molecule has 0 spiro atoms. The van der Waals surface area contributed by atoms with Gasteiger partial charge in [0.25, 0.3) is 5.91 Å². The Morgan fingerprint density at radius 3 is 2.32 bits per heavy atom. The van der Waals surface area contributed by atoms with Gasteiger partial charge in [-0.15, -0.1) is 0 Å². The molecule has 0 saturated carbocycles. The van der Waals surface area contributed by atoms with Crippen LogP contribution in [0.3, 0.4) is 0 Å². The zero-order chi connectivity index (χ0) is 20.5. The van der Waals surface area contributed by atoms with Crippen molar-refractivity contribution in [2.45, 2.75) is 26.7 Å². The molecule has 28 heavy (non-hydrogen) atoms. The summed E-state index contributed by atoms with van der Waals surface area (Å²) in [7, 11) is 1.51. The van der Waals surface area contributed by atoms with Crippen LogP contribution in [-0.4, -0.2) is 31.5 Å². The molecule has 0 unspecified atom stereocenters. The monoisotopic (exact) mass is 384 g/mol. The number of benzene rings is 2. The van der Waals surface area contributed by atoms with Gasteiger partial charge in [-0.05, 0) is 37.6 Å². The quantitative estimate of drug-likeness (QED) is 0.682. The number of para-hydroxylation sites is 2. The first-order valence-corrected chi connectivity index (χ1v) is 8.84. The molecular formula is C21H24N2O5. The first kappa shape index (κ1) is 21.0. The average molecular weight is 384 g/mol. The summed E-state index contributed by atoms with van der Waals surface area (Å²) in [5.41, 5.74) is 3.21. The van der Waals surface area contributed by atoms with Gasteiger partial charge in [0.05, 0.1) is 19.2 Å². The molecule has 0 aliphatic rings. The molecular weight excluding hydrogens is 360 g/mol. The van der Waals surface area contributed by atoms with Crippen LogP contribution in [0.1, 0.15) is 24.0 Å². The van der Waals surface area contributed by atoms with Crippen LogP contribution in [0.15, 0.2) is 42.5 Å². The number of methoxy groups -OCH3 is 1. The highest BCUT2D eigenvalue weighted by atomic mass is 16.5. The minimum atomic E-state index is -0.619. The highest BCUT2D eigenvalue weighted by molar-refractivity contribution is 5.95. The predicted molar refractivity (Wildman–Crippen MR) is 106 cm³/mol. The van der Waals surface area contributed by atoms with Crippen LogP contribution in [0.2, 0.25) is 0 Å². The number of carbonyl (C=O) groups excluding carboxylic acids is 3. The van der Waals surface area contributed by atoms with Crippen LogP contribution in [-0.2, 0) is 19.1 Å². The maximum absolute atomic E-state index is 12.0. The number of ether oxygens (including phenoxy) is 2. The molecule has 0 radical (unpaired) electrons. The second-order valence-corrected chi connectivity index (χ2v) is 6.28. The second-order valence-electron chi connectivity index (χ2n) is 6.28. The largest absolute Gasteiger partial charge is 0.495 e. The Balaban J connectivity index is 1.73. The van der Waals surface area contributed by atoms with Gasteiger partial charge in [0.1, 0.15) is 5.75 Å². The summed E-state index contributed by atoms with van der Waals surface area (Å²) >= 11 is 0. The number of rotatable bonds is 8. The van der Waals surface area contributed by atoms with Gasteiger partial charge >= 0.3 is 5.97 Å². The smallest absolute Gasteiger partial charge is 0.306 e. The van der Waals surface area contributed by atoms with Crippen molar-refractivity contribution in [3.05, 3.63) is 53.6 Å². The number of aryl methyl sites for hydroxylation is 2. The fraction of sp³-hybridized carbons (Fsp3) is 0.286. The van der Waals surface area contributed by atoms with Crippen molar-refractivity contribution in [3.63, 3.8) is 0 Å². The summed E-state index contributed by atoms with van der Waals surface area (Å²) in [4.78, 5) is 35.7. The molecule has 0 atom stereocenters. The van der Waals surface area contributed by atoms with E-state index in [1.807, 2.05) is 26.0 Å². The third kappa shape index (κ3) is 6.42. The minimum absolute atomic E-state index is 0.0599. The van der Waals surface area contributed by atoms with Gasteiger partial charge in [-0.1, -0.05) is 29.8 Å². The van der Waals surface area contributed by atoms with E-state index in [9.17, 15) is 14.4 Å². The first-order valence-electron chi connectivity index (χ1n) is 8.84. The van der Waals surface area contributed by atoms with Gasteiger partial charge < -0.3 is 20.1 Å². The van der Waals surface area contributed by atoms with E-state index in [0.717, 1.165) is 11.1 Å².